The summed E-state index contributed by atoms with van der Waals surface area (Å²) in [6, 6.07) is 0. The molecule has 1 atom stereocenters. The normalized spacial score (nSPS) is 33.0. The first-order chi connectivity index (χ1) is 3.43. The molecule has 1 aliphatic heterocycles. The van der Waals surface area contributed by atoms with Crippen LogP contribution < -0.4 is 42.4 Å². The molecule has 0 N–H and O–H groups in total. The summed E-state index contributed by atoms with van der Waals surface area (Å²) in [5, 5.41) is 0. The van der Waals surface area contributed by atoms with Gasteiger partial charge in [-0.3, -0.25) is 0 Å². The number of alkyl halides is 4. The van der Waals surface area contributed by atoms with E-state index < -0.39 is 0 Å². The summed E-state index contributed by atoms with van der Waals surface area (Å²) in [6.07, 6.45) is 1.61. The van der Waals surface area contributed by atoms with Crippen LogP contribution in [0, 0.1) is 0 Å². The predicted octanol–water partition coefficient (Wildman–Crippen LogP) is -5.43. The molecule has 1 heterocycles. The molecule has 46 valence electrons. The summed E-state index contributed by atoms with van der Waals surface area (Å²) < 4.78 is 4.56. The van der Waals surface area contributed by atoms with E-state index in [0.29, 0.717) is 21.2 Å². The molecule has 1 unspecified atom stereocenters. The molecule has 2 heteroatoms. The van der Waals surface area contributed by atoms with Crippen LogP contribution in [0.2, 0.25) is 0 Å². The van der Waals surface area contributed by atoms with Crippen molar-refractivity contribution in [3.05, 3.63) is 0 Å². The van der Waals surface area contributed by atoms with E-state index in [4.69, 9.17) is 0 Å². The summed E-state index contributed by atoms with van der Waals surface area (Å²) in [7, 11) is 0. The van der Waals surface area contributed by atoms with Crippen LogP contribution in [0.15, 0.2) is 0 Å². The molecule has 7 heavy (non-hydrogen) atoms. The molecule has 0 radical (unpaired) electrons. The van der Waals surface area contributed by atoms with E-state index >= 15 is 0 Å². The van der Waals surface area contributed by atoms with Gasteiger partial charge in [-0.15, -0.1) is 0 Å². The number of hydrogen-bond donors (Lipinski definition) is 0. The molecule has 1 aliphatic rings. The van der Waals surface area contributed by atoms with Crippen LogP contribution in [0.3, 0.4) is 0 Å². The van der Waals surface area contributed by atoms with E-state index in [9.17, 15) is 0 Å². The molecule has 1 saturated heterocycles. The minimum atomic E-state index is 0.631. The Labute approximate surface area is 66.0 Å². The van der Waals surface area contributed by atoms with Crippen LogP contribution in [0.1, 0.15) is 6.42 Å². The van der Waals surface area contributed by atoms with Gasteiger partial charge in [0, 0.05) is 0 Å². The van der Waals surface area contributed by atoms with E-state index in [2.05, 4.69) is 4.93 Å². The van der Waals surface area contributed by atoms with Gasteiger partial charge in [0.15, 0.2) is 0 Å². The van der Waals surface area contributed by atoms with Crippen molar-refractivity contribution >= 4 is 0 Å². The Kier molecular flexibility index (Phi) is 3.27. The van der Waals surface area contributed by atoms with Crippen LogP contribution in [0.25, 0.3) is 0 Å². The van der Waals surface area contributed by atoms with Gasteiger partial charge in [-0.1, -0.05) is 0 Å². The van der Waals surface area contributed by atoms with Crippen molar-refractivity contribution in [3.63, 3.8) is 0 Å². The van der Waals surface area contributed by atoms with E-state index in [0.717, 1.165) is 21.2 Å². The predicted molar refractivity (Wildman–Crippen MR) is 24.1 cm³/mol. The molecule has 0 aliphatic carbocycles. The van der Waals surface area contributed by atoms with Gasteiger partial charge in [0.05, 0.1) is 0 Å². The van der Waals surface area contributed by atoms with Crippen LogP contribution in [-0.4, -0.2) is 17.7 Å². The second-order valence-corrected chi connectivity index (χ2v) is 7.68. The van der Waals surface area contributed by atoms with Crippen molar-refractivity contribution in [2.45, 2.75) is 10.3 Å². The zero-order chi connectivity index (χ0) is 5.11. The number of rotatable bonds is 1. The first kappa shape index (κ1) is 6.58. The summed E-state index contributed by atoms with van der Waals surface area (Å²) in [4.78, 5) is 2.43. The Bertz CT molecular complexity index is 48.0. The zero-order valence-corrected chi connectivity index (χ0v) is 8.77. The molecule has 0 saturated carbocycles. The molecule has 0 amide bonds. The van der Waals surface area contributed by atoms with E-state index in [-0.39, 0.29) is 0 Å². The monoisotopic (exact) mass is 324 g/mol. The second kappa shape index (κ2) is 3.48. The van der Waals surface area contributed by atoms with Gasteiger partial charge in [0.2, 0.25) is 0 Å². The quantitative estimate of drug-likeness (QED) is 0.334. The van der Waals surface area contributed by atoms with Gasteiger partial charge in [-0.25, -0.2) is 0 Å². The molecule has 1 rings (SSSR count). The topological polar surface area (TPSA) is 0 Å². The Morgan fingerprint density at radius 3 is 2.86 bits per heavy atom. The van der Waals surface area contributed by atoms with Gasteiger partial charge in [0.25, 0.3) is 0 Å². The third-order valence-corrected chi connectivity index (χ3v) is 8.72. The molecular weight excluding hydrogens is 314 g/mol. The number of hydrogen-bond acceptors (Lipinski definition) is 0. The molecule has 1 fully saturated rings. The van der Waals surface area contributed by atoms with Gasteiger partial charge < -0.3 is 0 Å². The van der Waals surface area contributed by atoms with Crippen molar-refractivity contribution in [2.24, 2.45) is 0 Å². The van der Waals surface area contributed by atoms with Crippen molar-refractivity contribution in [1.29, 1.82) is 0 Å². The maximum atomic E-state index is 2.43. The molecule has 0 aromatic rings. The molecule has 0 aromatic heterocycles. The van der Waals surface area contributed by atoms with Crippen molar-refractivity contribution < 1.29 is 42.4 Å². The Hall–Kier alpha value is 1.46. The zero-order valence-electron chi connectivity index (χ0n) is 4.45. The fraction of sp³-hybridized carbons (Fsp3) is 1.00. The fourth-order valence-electron chi connectivity index (χ4n) is 0.636. The summed E-state index contributed by atoms with van der Waals surface area (Å²) in [5.41, 5.74) is 0. The molecular formula is C5H10I2-2. The first-order valence-corrected chi connectivity index (χ1v) is 8.90. The van der Waals surface area contributed by atoms with E-state index in [1.165, 1.54) is 3.92 Å². The van der Waals surface area contributed by atoms with Gasteiger partial charge in [-0.2, -0.15) is 0 Å². The maximum absolute atomic E-state index is 2.43. The van der Waals surface area contributed by atoms with Gasteiger partial charge in [0.1, 0.15) is 0 Å². The molecule has 0 bridgehead atoms. The average molecular weight is 324 g/mol. The molecule has 0 spiro atoms. The minimum absolute atomic E-state index is 0.631. The molecule has 0 nitrogen and oxygen atoms in total. The summed E-state index contributed by atoms with van der Waals surface area (Å²) in [6.45, 7) is 0. The van der Waals surface area contributed by atoms with Crippen molar-refractivity contribution in [3.8, 4) is 0 Å². The SMILES string of the molecule is C[I-]C1CC[I-]C1. The third-order valence-electron chi connectivity index (χ3n) is 1.14. The van der Waals surface area contributed by atoms with E-state index in [1.807, 2.05) is 0 Å². The third kappa shape index (κ3) is 2.03. The van der Waals surface area contributed by atoms with Crippen LogP contribution in [-0.2, 0) is 0 Å². The first-order valence-electron chi connectivity index (χ1n) is 2.45. The summed E-state index contributed by atoms with van der Waals surface area (Å²) in [5.74, 6) is 0. The van der Waals surface area contributed by atoms with Gasteiger partial charge >= 0.3 is 66.5 Å². The summed E-state index contributed by atoms with van der Waals surface area (Å²) >= 11 is 1.35. The van der Waals surface area contributed by atoms with Crippen molar-refractivity contribution in [1.82, 2.24) is 0 Å². The number of halogens is 2. The standard InChI is InChI=1S/C5H10I2/c1-6-5-2-3-7-4-5/h5H,2-4H2,1H3/q-2. The molecule has 0 aromatic carbocycles. The van der Waals surface area contributed by atoms with Gasteiger partial charge in [-0.05, 0) is 0 Å². The second-order valence-electron chi connectivity index (χ2n) is 1.64. The Balaban J connectivity index is 2.14. The van der Waals surface area contributed by atoms with E-state index in [1.54, 1.807) is 15.3 Å². The Morgan fingerprint density at radius 1 is 1.71 bits per heavy atom. The average Bonchev–Trinajstić information content (AvgIpc) is 2.14. The van der Waals surface area contributed by atoms with Crippen LogP contribution in [0.5, 0.6) is 0 Å². The van der Waals surface area contributed by atoms with Crippen molar-refractivity contribution in [2.75, 3.05) is 13.8 Å². The Morgan fingerprint density at radius 2 is 2.57 bits per heavy atom. The van der Waals surface area contributed by atoms with Crippen LogP contribution in [0.4, 0.5) is 0 Å². The van der Waals surface area contributed by atoms with Crippen LogP contribution >= 0.6 is 0 Å². The fourth-order valence-corrected chi connectivity index (χ4v) is 9.66.